The average Bonchev–Trinajstić information content (AvgIpc) is 3.06. The van der Waals surface area contributed by atoms with Crippen molar-refractivity contribution >= 4 is 23.5 Å². The Balaban J connectivity index is 1.44. The fourth-order valence-electron chi connectivity index (χ4n) is 4.62. The summed E-state index contributed by atoms with van der Waals surface area (Å²) in [6.07, 6.45) is 6.39. The number of allylic oxidation sites excluding steroid dienone is 1. The van der Waals surface area contributed by atoms with Crippen molar-refractivity contribution in [3.63, 3.8) is 0 Å². The van der Waals surface area contributed by atoms with Crippen LogP contribution < -0.4 is 0 Å². The third kappa shape index (κ3) is 1.69. The van der Waals surface area contributed by atoms with Crippen molar-refractivity contribution in [2.75, 3.05) is 6.61 Å². The molecule has 0 aromatic rings. The molecule has 0 radical (unpaired) electrons. The van der Waals surface area contributed by atoms with E-state index in [4.69, 9.17) is 4.74 Å². The van der Waals surface area contributed by atoms with Crippen molar-refractivity contribution in [1.29, 1.82) is 0 Å². The van der Waals surface area contributed by atoms with Crippen LogP contribution in [0.25, 0.3) is 0 Å². The van der Waals surface area contributed by atoms with Crippen LogP contribution in [0.1, 0.15) is 33.1 Å². The predicted molar refractivity (Wildman–Crippen MR) is 80.0 cm³/mol. The molecule has 0 spiro atoms. The van der Waals surface area contributed by atoms with Gasteiger partial charge in [-0.1, -0.05) is 0 Å². The maximum absolute atomic E-state index is 5.78. The van der Waals surface area contributed by atoms with Crippen molar-refractivity contribution in [2.45, 2.75) is 54.1 Å². The molecule has 4 aliphatic rings. The van der Waals surface area contributed by atoms with Crippen LogP contribution in [0.4, 0.5) is 0 Å². The lowest BCUT2D eigenvalue weighted by atomic mass is 9.68. The van der Waals surface area contributed by atoms with Gasteiger partial charge in [0.15, 0.2) is 0 Å². The summed E-state index contributed by atoms with van der Waals surface area (Å²) in [5.74, 6) is 2.94. The van der Waals surface area contributed by atoms with Gasteiger partial charge in [-0.2, -0.15) is 23.5 Å². The molecule has 3 heteroatoms. The van der Waals surface area contributed by atoms with E-state index in [-0.39, 0.29) is 0 Å². The summed E-state index contributed by atoms with van der Waals surface area (Å²) in [6.45, 7) is 5.18. The molecule has 0 aromatic carbocycles. The maximum atomic E-state index is 5.78. The summed E-state index contributed by atoms with van der Waals surface area (Å²) < 4.78 is 5.78. The summed E-state index contributed by atoms with van der Waals surface area (Å²) in [7, 11) is 0. The van der Waals surface area contributed by atoms with Crippen molar-refractivity contribution in [2.24, 2.45) is 17.8 Å². The van der Waals surface area contributed by atoms with Gasteiger partial charge in [-0.05, 0) is 50.5 Å². The third-order valence-electron chi connectivity index (χ3n) is 5.16. The SMILES string of the molecule is CC(C)=COCC1CC2SC1C1C3CCC(S3)C21. The number of hydrogen-bond acceptors (Lipinski definition) is 3. The lowest BCUT2D eigenvalue weighted by Gasteiger charge is -2.35. The Morgan fingerprint density at radius 2 is 1.89 bits per heavy atom. The molecule has 0 aromatic heterocycles. The van der Waals surface area contributed by atoms with Crippen molar-refractivity contribution in [3.8, 4) is 0 Å². The molecule has 0 saturated carbocycles. The highest BCUT2D eigenvalue weighted by molar-refractivity contribution is 8.03. The molecule has 4 bridgehead atoms. The molecular formula is C15H22OS2. The second-order valence-electron chi connectivity index (χ2n) is 6.61. The zero-order valence-electron chi connectivity index (χ0n) is 11.2. The van der Waals surface area contributed by atoms with Gasteiger partial charge in [0.2, 0.25) is 0 Å². The molecule has 18 heavy (non-hydrogen) atoms. The largest absolute Gasteiger partial charge is 0.501 e. The first-order chi connectivity index (χ1) is 8.74. The van der Waals surface area contributed by atoms with Crippen LogP contribution in [-0.2, 0) is 4.74 Å². The lowest BCUT2D eigenvalue weighted by molar-refractivity contribution is 0.129. The van der Waals surface area contributed by atoms with Crippen LogP contribution >= 0.6 is 23.5 Å². The molecule has 0 N–H and O–H groups in total. The first kappa shape index (κ1) is 12.0. The molecule has 4 rings (SSSR count). The molecule has 100 valence electrons. The van der Waals surface area contributed by atoms with E-state index in [9.17, 15) is 0 Å². The van der Waals surface area contributed by atoms with Crippen molar-refractivity contribution < 1.29 is 4.74 Å². The zero-order valence-corrected chi connectivity index (χ0v) is 12.8. The molecule has 0 aliphatic carbocycles. The van der Waals surface area contributed by atoms with Gasteiger partial charge in [-0.15, -0.1) is 0 Å². The van der Waals surface area contributed by atoms with Gasteiger partial charge in [0.1, 0.15) is 0 Å². The molecule has 0 amide bonds. The van der Waals surface area contributed by atoms with E-state index in [1.54, 1.807) is 0 Å². The summed E-state index contributed by atoms with van der Waals surface area (Å²) in [4.78, 5) is 0. The highest BCUT2D eigenvalue weighted by Crippen LogP contribution is 2.68. The summed E-state index contributed by atoms with van der Waals surface area (Å²) in [5, 5.41) is 3.94. The number of rotatable bonds is 3. The lowest BCUT2D eigenvalue weighted by Crippen LogP contribution is -2.41. The van der Waals surface area contributed by atoms with Crippen LogP contribution in [0.3, 0.4) is 0 Å². The van der Waals surface area contributed by atoms with E-state index in [0.717, 1.165) is 45.4 Å². The van der Waals surface area contributed by atoms with Gasteiger partial charge in [-0.3, -0.25) is 0 Å². The average molecular weight is 282 g/mol. The van der Waals surface area contributed by atoms with Crippen molar-refractivity contribution in [1.82, 2.24) is 0 Å². The summed E-state index contributed by atoms with van der Waals surface area (Å²) in [6, 6.07) is 0. The van der Waals surface area contributed by atoms with Crippen LogP contribution in [0.5, 0.6) is 0 Å². The normalized spacial score (nSPS) is 51.6. The van der Waals surface area contributed by atoms with Crippen LogP contribution in [0.15, 0.2) is 11.8 Å². The van der Waals surface area contributed by atoms with Gasteiger partial charge in [-0.25, -0.2) is 0 Å². The number of ether oxygens (including phenoxy) is 1. The Kier molecular flexibility index (Phi) is 2.92. The first-order valence-corrected chi connectivity index (χ1v) is 9.18. The highest BCUT2D eigenvalue weighted by atomic mass is 32.2. The Labute approximate surface area is 118 Å². The second-order valence-corrected chi connectivity index (χ2v) is 9.51. The number of fused-ring (bicyclic) bond motifs is 9. The first-order valence-electron chi connectivity index (χ1n) is 7.30. The van der Waals surface area contributed by atoms with Gasteiger partial charge in [0.05, 0.1) is 12.9 Å². The minimum atomic E-state index is 0.830. The maximum Gasteiger partial charge on any atom is 0.0912 e. The van der Waals surface area contributed by atoms with Crippen LogP contribution in [-0.4, -0.2) is 27.6 Å². The Hall–Kier alpha value is 0.240. The Bertz CT molecular complexity index is 377. The quantitative estimate of drug-likeness (QED) is 0.726. The van der Waals surface area contributed by atoms with Crippen molar-refractivity contribution in [3.05, 3.63) is 11.8 Å². The third-order valence-corrected chi connectivity index (χ3v) is 8.83. The summed E-state index contributed by atoms with van der Waals surface area (Å²) >= 11 is 4.66. The fraction of sp³-hybridized carbons (Fsp3) is 0.867. The number of thioether (sulfide) groups is 2. The molecule has 7 atom stereocenters. The summed E-state index contributed by atoms with van der Waals surface area (Å²) in [5.41, 5.74) is 1.28. The molecule has 4 fully saturated rings. The molecule has 4 saturated heterocycles. The monoisotopic (exact) mass is 282 g/mol. The predicted octanol–water partition coefficient (Wildman–Crippen LogP) is 3.94. The van der Waals surface area contributed by atoms with E-state index in [1.807, 2.05) is 6.26 Å². The fourth-order valence-corrected chi connectivity index (χ4v) is 9.18. The van der Waals surface area contributed by atoms with E-state index in [0.29, 0.717) is 0 Å². The second kappa shape index (κ2) is 4.37. The van der Waals surface area contributed by atoms with E-state index in [1.165, 1.54) is 24.8 Å². The molecule has 4 aliphatic heterocycles. The van der Waals surface area contributed by atoms with E-state index >= 15 is 0 Å². The highest BCUT2D eigenvalue weighted by Gasteiger charge is 2.63. The molecule has 4 heterocycles. The van der Waals surface area contributed by atoms with Gasteiger partial charge in [0, 0.05) is 26.9 Å². The Morgan fingerprint density at radius 3 is 2.67 bits per heavy atom. The van der Waals surface area contributed by atoms with Crippen LogP contribution in [0, 0.1) is 17.8 Å². The molecule has 7 unspecified atom stereocenters. The number of hydrogen-bond donors (Lipinski definition) is 0. The van der Waals surface area contributed by atoms with E-state index < -0.39 is 0 Å². The minimum Gasteiger partial charge on any atom is -0.501 e. The topological polar surface area (TPSA) is 9.23 Å². The van der Waals surface area contributed by atoms with Gasteiger partial charge < -0.3 is 4.74 Å². The minimum absolute atomic E-state index is 0.830. The smallest absolute Gasteiger partial charge is 0.0912 e. The van der Waals surface area contributed by atoms with Gasteiger partial charge in [0.25, 0.3) is 0 Å². The Morgan fingerprint density at radius 1 is 1.11 bits per heavy atom. The molecular weight excluding hydrogens is 260 g/mol. The van der Waals surface area contributed by atoms with Gasteiger partial charge >= 0.3 is 0 Å². The molecule has 1 nitrogen and oxygen atoms in total. The zero-order chi connectivity index (χ0) is 12.3. The standard InChI is InChI=1S/C15H22OS2/c1-8(2)6-16-7-9-5-12-13-10-3-4-11(17-10)14(13)15(9)18-12/h6,9-15H,3-5,7H2,1-2H3. The van der Waals surface area contributed by atoms with Crippen LogP contribution in [0.2, 0.25) is 0 Å². The van der Waals surface area contributed by atoms with E-state index in [2.05, 4.69) is 37.4 Å².